The second-order valence-electron chi connectivity index (χ2n) is 4.20. The predicted octanol–water partition coefficient (Wildman–Crippen LogP) is 3.63. The average molecular weight is 213 g/mol. The Morgan fingerprint density at radius 2 is 1.94 bits per heavy atom. The number of phenolic OH excluding ortho intramolecular Hbond substituents is 1. The normalized spacial score (nSPS) is 15.6. The van der Waals surface area contributed by atoms with E-state index in [2.05, 4.69) is 6.07 Å². The minimum atomic E-state index is 0.224. The molecule has 1 saturated carbocycles. The third-order valence-electron chi connectivity index (χ3n) is 3.06. The highest BCUT2D eigenvalue weighted by molar-refractivity contribution is 5.79. The first-order valence-electron chi connectivity index (χ1n) is 5.73. The molecule has 82 valence electrons. The van der Waals surface area contributed by atoms with Gasteiger partial charge in [0.2, 0.25) is 0 Å². The molecule has 1 fully saturated rings. The molecule has 0 atom stereocenters. The van der Waals surface area contributed by atoms with Gasteiger partial charge in [-0.25, -0.2) is 0 Å². The van der Waals surface area contributed by atoms with Gasteiger partial charge in [-0.3, -0.25) is 0 Å². The zero-order chi connectivity index (χ0) is 11.4. The third-order valence-corrected chi connectivity index (χ3v) is 3.06. The first-order valence-corrected chi connectivity index (χ1v) is 5.73. The second-order valence-corrected chi connectivity index (χ2v) is 4.20. The van der Waals surface area contributed by atoms with Crippen LogP contribution < -0.4 is 0 Å². The highest BCUT2D eigenvalue weighted by atomic mass is 16.3. The lowest BCUT2D eigenvalue weighted by atomic mass is 9.89. The Bertz CT molecular complexity index is 446. The van der Waals surface area contributed by atoms with Crippen LogP contribution in [0.4, 0.5) is 0 Å². The van der Waals surface area contributed by atoms with Crippen molar-refractivity contribution in [2.24, 2.45) is 0 Å². The minimum absolute atomic E-state index is 0.224. The van der Waals surface area contributed by atoms with Gasteiger partial charge in [0, 0.05) is 0 Å². The van der Waals surface area contributed by atoms with Gasteiger partial charge in [-0.2, -0.15) is 5.26 Å². The fourth-order valence-electron chi connectivity index (χ4n) is 2.24. The second kappa shape index (κ2) is 4.85. The Kier molecular flexibility index (Phi) is 3.26. The molecule has 1 aliphatic carbocycles. The molecule has 0 unspecified atom stereocenters. The minimum Gasteiger partial charge on any atom is -0.508 e. The number of nitriles is 1. The van der Waals surface area contributed by atoms with Crippen molar-refractivity contribution in [1.29, 1.82) is 5.26 Å². The molecular weight excluding hydrogens is 198 g/mol. The number of phenols is 1. The maximum absolute atomic E-state index is 9.42. The van der Waals surface area contributed by atoms with Crippen LogP contribution in [-0.4, -0.2) is 5.11 Å². The number of hydrogen-bond donors (Lipinski definition) is 1. The van der Waals surface area contributed by atoms with Crippen molar-refractivity contribution in [3.63, 3.8) is 0 Å². The van der Waals surface area contributed by atoms with Crippen molar-refractivity contribution in [2.75, 3.05) is 0 Å². The highest BCUT2D eigenvalue weighted by Crippen LogP contribution is 2.31. The summed E-state index contributed by atoms with van der Waals surface area (Å²) < 4.78 is 0. The standard InChI is InChI=1S/C14H15NO/c15-10-14(11-5-2-1-3-6-11)12-7-4-8-13(16)9-12/h4,7-9,16H,1-3,5-6H2. The van der Waals surface area contributed by atoms with Gasteiger partial charge < -0.3 is 5.11 Å². The molecule has 2 rings (SSSR count). The fourth-order valence-corrected chi connectivity index (χ4v) is 2.24. The molecule has 0 radical (unpaired) electrons. The number of aromatic hydroxyl groups is 1. The summed E-state index contributed by atoms with van der Waals surface area (Å²) in [6, 6.07) is 9.25. The van der Waals surface area contributed by atoms with E-state index in [1.807, 2.05) is 6.07 Å². The molecule has 1 N–H and O–H groups in total. The van der Waals surface area contributed by atoms with E-state index in [1.165, 1.54) is 24.8 Å². The molecule has 1 aromatic carbocycles. The van der Waals surface area contributed by atoms with Crippen LogP contribution in [0.2, 0.25) is 0 Å². The molecular formula is C14H15NO. The van der Waals surface area contributed by atoms with Gasteiger partial charge in [0.25, 0.3) is 0 Å². The topological polar surface area (TPSA) is 44.0 Å². The molecule has 1 aliphatic rings. The van der Waals surface area contributed by atoms with E-state index in [1.54, 1.807) is 18.2 Å². The van der Waals surface area contributed by atoms with Crippen molar-refractivity contribution in [3.05, 3.63) is 35.4 Å². The van der Waals surface area contributed by atoms with Gasteiger partial charge in [-0.1, -0.05) is 24.1 Å². The number of benzene rings is 1. The molecule has 0 saturated heterocycles. The quantitative estimate of drug-likeness (QED) is 0.724. The number of nitrogens with zero attached hydrogens (tertiary/aromatic N) is 1. The zero-order valence-electron chi connectivity index (χ0n) is 9.24. The lowest BCUT2D eigenvalue weighted by molar-refractivity contribution is 0.475. The summed E-state index contributed by atoms with van der Waals surface area (Å²) in [7, 11) is 0. The van der Waals surface area contributed by atoms with Crippen LogP contribution in [-0.2, 0) is 0 Å². The molecule has 0 heterocycles. The fraction of sp³-hybridized carbons (Fsp3) is 0.357. The van der Waals surface area contributed by atoms with Crippen LogP contribution >= 0.6 is 0 Å². The number of rotatable bonds is 1. The van der Waals surface area contributed by atoms with Crippen LogP contribution in [0.3, 0.4) is 0 Å². The highest BCUT2D eigenvalue weighted by Gasteiger charge is 2.12. The van der Waals surface area contributed by atoms with E-state index in [0.29, 0.717) is 0 Å². The summed E-state index contributed by atoms with van der Waals surface area (Å²) in [5.74, 6) is 0.224. The maximum atomic E-state index is 9.42. The molecule has 0 aliphatic heterocycles. The summed E-state index contributed by atoms with van der Waals surface area (Å²) in [6.07, 6.45) is 5.68. The largest absolute Gasteiger partial charge is 0.508 e. The van der Waals surface area contributed by atoms with E-state index in [-0.39, 0.29) is 5.75 Å². The van der Waals surface area contributed by atoms with Crippen LogP contribution in [0.1, 0.15) is 37.7 Å². The summed E-state index contributed by atoms with van der Waals surface area (Å²) in [6.45, 7) is 0. The van der Waals surface area contributed by atoms with Crippen molar-refractivity contribution in [3.8, 4) is 11.8 Å². The van der Waals surface area contributed by atoms with Crippen LogP contribution in [0, 0.1) is 11.3 Å². The molecule has 0 amide bonds. The van der Waals surface area contributed by atoms with E-state index < -0.39 is 0 Å². The monoisotopic (exact) mass is 213 g/mol. The molecule has 0 spiro atoms. The SMILES string of the molecule is N#CC(=C1CCCCC1)c1cccc(O)c1. The molecule has 2 nitrogen and oxygen atoms in total. The summed E-state index contributed by atoms with van der Waals surface area (Å²) in [4.78, 5) is 0. The van der Waals surface area contributed by atoms with Crippen LogP contribution in [0.5, 0.6) is 5.75 Å². The van der Waals surface area contributed by atoms with Gasteiger partial charge in [0.1, 0.15) is 5.75 Å². The van der Waals surface area contributed by atoms with Crippen LogP contribution in [0.15, 0.2) is 29.8 Å². The van der Waals surface area contributed by atoms with Crippen molar-refractivity contribution >= 4 is 5.57 Å². The smallest absolute Gasteiger partial charge is 0.116 e. The van der Waals surface area contributed by atoms with Crippen LogP contribution in [0.25, 0.3) is 5.57 Å². The van der Waals surface area contributed by atoms with E-state index in [0.717, 1.165) is 24.0 Å². The molecule has 1 aromatic rings. The molecule has 0 aromatic heterocycles. The summed E-state index contributed by atoms with van der Waals surface area (Å²) >= 11 is 0. The van der Waals surface area contributed by atoms with Crippen molar-refractivity contribution in [1.82, 2.24) is 0 Å². The first kappa shape index (κ1) is 10.8. The lowest BCUT2D eigenvalue weighted by Crippen LogP contribution is -1.97. The Balaban J connectivity index is 2.39. The Morgan fingerprint density at radius 3 is 2.56 bits per heavy atom. The molecule has 2 heteroatoms. The molecule has 0 bridgehead atoms. The lowest BCUT2D eigenvalue weighted by Gasteiger charge is -2.15. The van der Waals surface area contributed by atoms with Gasteiger partial charge in [0.05, 0.1) is 11.6 Å². The van der Waals surface area contributed by atoms with Gasteiger partial charge in [0.15, 0.2) is 0 Å². The van der Waals surface area contributed by atoms with Gasteiger partial charge in [-0.05, 0) is 43.4 Å². The third kappa shape index (κ3) is 2.25. The Labute approximate surface area is 95.8 Å². The van der Waals surface area contributed by atoms with Gasteiger partial charge in [-0.15, -0.1) is 0 Å². The first-order chi connectivity index (χ1) is 7.81. The average Bonchev–Trinajstić information content (AvgIpc) is 2.31. The maximum Gasteiger partial charge on any atom is 0.116 e. The van der Waals surface area contributed by atoms with E-state index >= 15 is 0 Å². The number of allylic oxidation sites excluding steroid dienone is 2. The van der Waals surface area contributed by atoms with Crippen molar-refractivity contribution in [2.45, 2.75) is 32.1 Å². The molecule has 16 heavy (non-hydrogen) atoms. The van der Waals surface area contributed by atoms with Crippen molar-refractivity contribution < 1.29 is 5.11 Å². The van der Waals surface area contributed by atoms with E-state index in [9.17, 15) is 10.4 Å². The zero-order valence-corrected chi connectivity index (χ0v) is 9.24. The summed E-state index contributed by atoms with van der Waals surface area (Å²) in [5.41, 5.74) is 2.86. The Morgan fingerprint density at radius 1 is 1.19 bits per heavy atom. The number of hydrogen-bond acceptors (Lipinski definition) is 2. The predicted molar refractivity (Wildman–Crippen MR) is 63.7 cm³/mol. The Hall–Kier alpha value is -1.75. The summed E-state index contributed by atoms with van der Waals surface area (Å²) in [5, 5.41) is 18.7. The van der Waals surface area contributed by atoms with E-state index in [4.69, 9.17) is 0 Å². The van der Waals surface area contributed by atoms with Gasteiger partial charge >= 0.3 is 0 Å².